The van der Waals surface area contributed by atoms with E-state index in [-0.39, 0.29) is 6.61 Å². The Morgan fingerprint density at radius 2 is 2.15 bits per heavy atom. The molecule has 2 rings (SSSR count). The van der Waals surface area contributed by atoms with Crippen molar-refractivity contribution in [1.82, 2.24) is 10.2 Å². The lowest BCUT2D eigenvalue weighted by Crippen LogP contribution is -2.01. The van der Waals surface area contributed by atoms with E-state index in [4.69, 9.17) is 13.9 Å². The van der Waals surface area contributed by atoms with Crippen LogP contribution in [0.1, 0.15) is 29.1 Å². The Balaban J connectivity index is 2.22. The number of aromatic nitrogens is 2. The Morgan fingerprint density at radius 3 is 2.75 bits per heavy atom. The van der Waals surface area contributed by atoms with Gasteiger partial charge in [0, 0.05) is 12.5 Å². The molecule has 0 bridgehead atoms. The number of ether oxygens (including phenoxy) is 2. The smallest absolute Gasteiger partial charge is 0.253 e. The van der Waals surface area contributed by atoms with Crippen molar-refractivity contribution in [3.63, 3.8) is 0 Å². The number of aldehydes is 1. The van der Waals surface area contributed by atoms with Crippen LogP contribution in [0.3, 0.4) is 0 Å². The topological polar surface area (TPSA) is 74.5 Å². The lowest BCUT2D eigenvalue weighted by molar-refractivity contribution is 0.112. The lowest BCUT2D eigenvalue weighted by atomic mass is 10.2. The normalized spacial score (nSPS) is 10.3. The Bertz CT molecular complexity index is 612. The molecule has 0 aliphatic rings. The first-order valence-corrected chi connectivity index (χ1v) is 6.76. The predicted molar refractivity (Wildman–Crippen MR) is 74.1 cm³/mol. The molecule has 20 heavy (non-hydrogen) atoms. The van der Waals surface area contributed by atoms with Crippen molar-refractivity contribution in [2.45, 2.75) is 20.5 Å². The van der Waals surface area contributed by atoms with E-state index >= 15 is 0 Å². The van der Waals surface area contributed by atoms with Crippen LogP contribution < -0.4 is 9.47 Å². The summed E-state index contributed by atoms with van der Waals surface area (Å²) >= 11 is 3.36. The fourth-order valence-corrected chi connectivity index (χ4v) is 2.16. The summed E-state index contributed by atoms with van der Waals surface area (Å²) in [6, 6.07) is 3.28. The molecule has 0 fully saturated rings. The summed E-state index contributed by atoms with van der Waals surface area (Å²) in [7, 11) is 0. The molecule has 1 aromatic carbocycles. The molecule has 0 spiro atoms. The average molecular weight is 341 g/mol. The number of hydrogen-bond donors (Lipinski definition) is 0. The van der Waals surface area contributed by atoms with Crippen molar-refractivity contribution in [3.8, 4) is 11.5 Å². The number of rotatable bonds is 6. The van der Waals surface area contributed by atoms with Crippen LogP contribution >= 0.6 is 15.9 Å². The van der Waals surface area contributed by atoms with Crippen molar-refractivity contribution in [3.05, 3.63) is 34.0 Å². The van der Waals surface area contributed by atoms with Gasteiger partial charge in [-0.1, -0.05) is 0 Å². The average Bonchev–Trinajstić information content (AvgIpc) is 2.83. The zero-order valence-electron chi connectivity index (χ0n) is 11.1. The predicted octanol–water partition coefficient (Wildman–Crippen LogP) is 2.93. The number of carbonyl (C=O) groups excluding carboxylic acids is 1. The molecular formula is C13H13BrN2O4. The molecule has 0 amide bonds. The quantitative estimate of drug-likeness (QED) is 0.752. The summed E-state index contributed by atoms with van der Waals surface area (Å²) in [6.07, 6.45) is 0.748. The molecular weight excluding hydrogens is 328 g/mol. The highest BCUT2D eigenvalue weighted by Crippen LogP contribution is 2.37. The highest BCUT2D eigenvalue weighted by molar-refractivity contribution is 9.10. The van der Waals surface area contributed by atoms with Gasteiger partial charge in [0.2, 0.25) is 5.89 Å². The minimum Gasteiger partial charge on any atom is -0.490 e. The summed E-state index contributed by atoms with van der Waals surface area (Å²) in [5.74, 6) is 1.83. The van der Waals surface area contributed by atoms with Crippen LogP contribution in [0.25, 0.3) is 0 Å². The van der Waals surface area contributed by atoms with E-state index in [0.29, 0.717) is 39.9 Å². The van der Waals surface area contributed by atoms with Gasteiger partial charge in [0.25, 0.3) is 5.89 Å². The summed E-state index contributed by atoms with van der Waals surface area (Å²) in [4.78, 5) is 10.9. The zero-order valence-corrected chi connectivity index (χ0v) is 12.6. The van der Waals surface area contributed by atoms with Gasteiger partial charge in [0.15, 0.2) is 18.1 Å². The minimum atomic E-state index is 0.125. The number of halogens is 1. The minimum absolute atomic E-state index is 0.125. The highest BCUT2D eigenvalue weighted by atomic mass is 79.9. The van der Waals surface area contributed by atoms with Crippen LogP contribution in [0, 0.1) is 6.92 Å². The van der Waals surface area contributed by atoms with Crippen molar-refractivity contribution in [2.75, 3.05) is 6.61 Å². The van der Waals surface area contributed by atoms with Crippen LogP contribution in [0.5, 0.6) is 11.5 Å². The van der Waals surface area contributed by atoms with Crippen LogP contribution in [0.2, 0.25) is 0 Å². The first-order chi connectivity index (χ1) is 9.63. The molecule has 0 saturated carbocycles. The van der Waals surface area contributed by atoms with Gasteiger partial charge in [-0.25, -0.2) is 0 Å². The molecule has 7 heteroatoms. The fourth-order valence-electron chi connectivity index (χ4n) is 1.59. The molecule has 0 aliphatic carbocycles. The third-order valence-electron chi connectivity index (χ3n) is 2.38. The van der Waals surface area contributed by atoms with Crippen molar-refractivity contribution < 1.29 is 18.7 Å². The Morgan fingerprint density at radius 1 is 1.35 bits per heavy atom. The number of nitrogens with zero attached hydrogens (tertiary/aromatic N) is 2. The first kappa shape index (κ1) is 14.5. The van der Waals surface area contributed by atoms with Crippen LogP contribution in [0.4, 0.5) is 0 Å². The van der Waals surface area contributed by atoms with E-state index in [1.54, 1.807) is 19.1 Å². The van der Waals surface area contributed by atoms with Crippen LogP contribution in [-0.2, 0) is 6.61 Å². The molecule has 1 aromatic heterocycles. The van der Waals surface area contributed by atoms with E-state index in [0.717, 1.165) is 6.29 Å². The maximum atomic E-state index is 10.9. The summed E-state index contributed by atoms with van der Waals surface area (Å²) in [5.41, 5.74) is 0.501. The van der Waals surface area contributed by atoms with E-state index in [9.17, 15) is 4.79 Å². The second kappa shape index (κ2) is 6.51. The Kier molecular flexibility index (Phi) is 4.73. The van der Waals surface area contributed by atoms with Gasteiger partial charge in [0.05, 0.1) is 11.1 Å². The maximum Gasteiger partial charge on any atom is 0.253 e. The zero-order chi connectivity index (χ0) is 14.5. The molecule has 0 N–H and O–H groups in total. The van der Waals surface area contributed by atoms with Crippen molar-refractivity contribution >= 4 is 22.2 Å². The third kappa shape index (κ3) is 3.36. The highest BCUT2D eigenvalue weighted by Gasteiger charge is 2.13. The molecule has 6 nitrogen and oxygen atoms in total. The molecule has 0 atom stereocenters. The number of aryl methyl sites for hydroxylation is 1. The molecule has 1 heterocycles. The number of benzene rings is 1. The van der Waals surface area contributed by atoms with Gasteiger partial charge in [-0.2, -0.15) is 0 Å². The van der Waals surface area contributed by atoms with Gasteiger partial charge < -0.3 is 13.9 Å². The third-order valence-corrected chi connectivity index (χ3v) is 2.96. The van der Waals surface area contributed by atoms with E-state index < -0.39 is 0 Å². The van der Waals surface area contributed by atoms with Crippen LogP contribution in [0.15, 0.2) is 21.0 Å². The molecule has 0 saturated heterocycles. The van der Waals surface area contributed by atoms with E-state index in [1.165, 1.54) is 0 Å². The van der Waals surface area contributed by atoms with Gasteiger partial charge in [-0.05, 0) is 35.0 Å². The molecule has 2 aromatic rings. The SMILES string of the molecule is CCOc1cc(C=O)cc(Br)c1OCc1nnc(C)o1. The van der Waals surface area contributed by atoms with E-state index in [2.05, 4.69) is 26.1 Å². The van der Waals surface area contributed by atoms with Crippen LogP contribution in [-0.4, -0.2) is 23.1 Å². The summed E-state index contributed by atoms with van der Waals surface area (Å²) in [6.45, 7) is 4.15. The summed E-state index contributed by atoms with van der Waals surface area (Å²) < 4.78 is 17.0. The van der Waals surface area contributed by atoms with Gasteiger partial charge in [-0.15, -0.1) is 10.2 Å². The second-order valence-corrected chi connectivity index (χ2v) is 4.74. The molecule has 106 valence electrons. The number of hydrogen-bond acceptors (Lipinski definition) is 6. The van der Waals surface area contributed by atoms with Gasteiger partial charge >= 0.3 is 0 Å². The fraction of sp³-hybridized carbons (Fsp3) is 0.308. The summed E-state index contributed by atoms with van der Waals surface area (Å²) in [5, 5.41) is 7.57. The van der Waals surface area contributed by atoms with Gasteiger partial charge in [0.1, 0.15) is 6.29 Å². The molecule has 0 radical (unpaired) electrons. The van der Waals surface area contributed by atoms with Gasteiger partial charge in [-0.3, -0.25) is 4.79 Å². The standard InChI is InChI=1S/C13H13BrN2O4/c1-3-18-11-5-9(6-17)4-10(14)13(11)19-7-12-16-15-8(2)20-12/h4-6H,3,7H2,1-2H3. The molecule has 0 aliphatic heterocycles. The van der Waals surface area contributed by atoms with Crippen molar-refractivity contribution in [1.29, 1.82) is 0 Å². The van der Waals surface area contributed by atoms with Crippen molar-refractivity contribution in [2.24, 2.45) is 0 Å². The van der Waals surface area contributed by atoms with E-state index in [1.807, 2.05) is 6.92 Å². The lowest BCUT2D eigenvalue weighted by Gasteiger charge is -2.13. The molecule has 0 unspecified atom stereocenters. The Labute approximate surface area is 124 Å². The maximum absolute atomic E-state index is 10.9. The largest absolute Gasteiger partial charge is 0.490 e. The monoisotopic (exact) mass is 340 g/mol. The number of carbonyl (C=O) groups is 1. The first-order valence-electron chi connectivity index (χ1n) is 5.97. The Hall–Kier alpha value is -1.89. The second-order valence-electron chi connectivity index (χ2n) is 3.88.